The first-order valence-corrected chi connectivity index (χ1v) is 11.2. The Balaban J connectivity index is 1.39. The Labute approximate surface area is 174 Å². The second-order valence-electron chi connectivity index (χ2n) is 7.40. The Morgan fingerprint density at radius 3 is 2.23 bits per heavy atom. The van der Waals surface area contributed by atoms with Crippen molar-refractivity contribution in [1.82, 2.24) is 9.21 Å². The number of benzene rings is 2. The number of para-hydroxylation sites is 1. The van der Waals surface area contributed by atoms with Gasteiger partial charge < -0.3 is 9.80 Å². The molecule has 4 rings (SSSR count). The SMILES string of the molecule is O=C([C@@H]1CC(=O)N(c2ccccc2F)C1)N1CCN(S(=O)(=O)c2ccccc2)CC1. The minimum Gasteiger partial charge on any atom is -0.340 e. The van der Waals surface area contributed by atoms with Crippen LogP contribution in [0.4, 0.5) is 10.1 Å². The Morgan fingerprint density at radius 1 is 0.933 bits per heavy atom. The average molecular weight is 431 g/mol. The third-order valence-corrected chi connectivity index (χ3v) is 7.46. The van der Waals surface area contributed by atoms with E-state index in [1.54, 1.807) is 47.4 Å². The van der Waals surface area contributed by atoms with Crippen LogP contribution in [0.1, 0.15) is 6.42 Å². The van der Waals surface area contributed by atoms with Crippen LogP contribution in [0.15, 0.2) is 59.5 Å². The molecule has 2 aromatic rings. The number of piperazine rings is 1. The molecule has 1 atom stereocenters. The van der Waals surface area contributed by atoms with Gasteiger partial charge in [-0.05, 0) is 24.3 Å². The fraction of sp³-hybridized carbons (Fsp3) is 0.333. The molecule has 0 N–H and O–H groups in total. The van der Waals surface area contributed by atoms with Crippen molar-refractivity contribution in [2.75, 3.05) is 37.6 Å². The van der Waals surface area contributed by atoms with E-state index >= 15 is 0 Å². The zero-order valence-electron chi connectivity index (χ0n) is 16.3. The van der Waals surface area contributed by atoms with Crippen LogP contribution in [0.25, 0.3) is 0 Å². The number of nitrogens with zero attached hydrogens (tertiary/aromatic N) is 3. The standard InChI is InChI=1S/C21H22FN3O4S/c22-18-8-4-5-9-19(18)25-15-16(14-20(25)26)21(27)23-10-12-24(13-11-23)30(28,29)17-6-2-1-3-7-17/h1-9,16H,10-15H2/t16-/m1/s1. The molecule has 2 heterocycles. The van der Waals surface area contributed by atoms with Crippen LogP contribution in [0.5, 0.6) is 0 Å². The van der Waals surface area contributed by atoms with E-state index in [1.165, 1.54) is 21.3 Å². The summed E-state index contributed by atoms with van der Waals surface area (Å²) in [5, 5.41) is 0. The molecule has 0 spiro atoms. The maximum atomic E-state index is 14.0. The Morgan fingerprint density at radius 2 is 1.57 bits per heavy atom. The van der Waals surface area contributed by atoms with Crippen LogP contribution >= 0.6 is 0 Å². The quantitative estimate of drug-likeness (QED) is 0.739. The minimum absolute atomic E-state index is 0.0235. The van der Waals surface area contributed by atoms with Gasteiger partial charge >= 0.3 is 0 Å². The second-order valence-corrected chi connectivity index (χ2v) is 9.34. The van der Waals surface area contributed by atoms with Crippen LogP contribution in [0, 0.1) is 11.7 Å². The first kappa shape index (κ1) is 20.5. The Kier molecular flexibility index (Phi) is 5.57. The molecule has 9 heteroatoms. The van der Waals surface area contributed by atoms with Gasteiger partial charge in [-0.25, -0.2) is 12.8 Å². The second kappa shape index (κ2) is 8.16. The van der Waals surface area contributed by atoms with Crippen LogP contribution in [-0.2, 0) is 19.6 Å². The van der Waals surface area contributed by atoms with Crippen LogP contribution in [-0.4, -0.2) is 62.2 Å². The van der Waals surface area contributed by atoms with E-state index in [1.807, 2.05) is 0 Å². The monoisotopic (exact) mass is 431 g/mol. The van der Waals surface area contributed by atoms with Gasteiger partial charge in [0, 0.05) is 39.1 Å². The summed E-state index contributed by atoms with van der Waals surface area (Å²) in [6.45, 7) is 1.03. The normalized spacial score (nSPS) is 20.6. The summed E-state index contributed by atoms with van der Waals surface area (Å²) in [5.74, 6) is -1.55. The van der Waals surface area contributed by atoms with Crippen molar-refractivity contribution in [3.8, 4) is 0 Å². The third kappa shape index (κ3) is 3.82. The molecule has 30 heavy (non-hydrogen) atoms. The maximum absolute atomic E-state index is 14.0. The summed E-state index contributed by atoms with van der Waals surface area (Å²) in [4.78, 5) is 28.4. The summed E-state index contributed by atoms with van der Waals surface area (Å²) in [5.41, 5.74) is 0.177. The van der Waals surface area contributed by atoms with Gasteiger partial charge in [0.25, 0.3) is 0 Å². The number of rotatable bonds is 4. The van der Waals surface area contributed by atoms with Gasteiger partial charge in [-0.2, -0.15) is 4.31 Å². The molecule has 2 amide bonds. The smallest absolute Gasteiger partial charge is 0.243 e. The number of amides is 2. The predicted octanol–water partition coefficient (Wildman–Crippen LogP) is 1.71. The van der Waals surface area contributed by atoms with Gasteiger partial charge in [0.05, 0.1) is 16.5 Å². The van der Waals surface area contributed by atoms with E-state index in [4.69, 9.17) is 0 Å². The van der Waals surface area contributed by atoms with Gasteiger partial charge in [0.15, 0.2) is 0 Å². The molecule has 2 fully saturated rings. The molecule has 0 bridgehead atoms. The van der Waals surface area contributed by atoms with E-state index in [-0.39, 0.29) is 61.5 Å². The van der Waals surface area contributed by atoms with Crippen molar-refractivity contribution < 1.29 is 22.4 Å². The molecule has 2 saturated heterocycles. The van der Waals surface area contributed by atoms with Crippen LogP contribution in [0.3, 0.4) is 0 Å². The van der Waals surface area contributed by atoms with Crippen molar-refractivity contribution in [3.63, 3.8) is 0 Å². The molecule has 158 valence electrons. The highest BCUT2D eigenvalue weighted by atomic mass is 32.2. The summed E-state index contributed by atoms with van der Waals surface area (Å²) < 4.78 is 40.9. The maximum Gasteiger partial charge on any atom is 0.243 e. The lowest BCUT2D eigenvalue weighted by Gasteiger charge is -2.35. The number of carbonyl (C=O) groups excluding carboxylic acids is 2. The molecule has 2 aromatic carbocycles. The molecule has 0 saturated carbocycles. The Bertz CT molecular complexity index is 1050. The van der Waals surface area contributed by atoms with E-state index in [0.29, 0.717) is 0 Å². The lowest BCUT2D eigenvalue weighted by atomic mass is 10.1. The van der Waals surface area contributed by atoms with Gasteiger partial charge in [-0.3, -0.25) is 9.59 Å². The number of hydrogen-bond acceptors (Lipinski definition) is 4. The first-order chi connectivity index (χ1) is 14.4. The van der Waals surface area contributed by atoms with E-state index in [0.717, 1.165) is 0 Å². The highest BCUT2D eigenvalue weighted by Gasteiger charge is 2.39. The van der Waals surface area contributed by atoms with Gasteiger partial charge in [-0.15, -0.1) is 0 Å². The van der Waals surface area contributed by atoms with Crippen LogP contribution < -0.4 is 4.90 Å². The largest absolute Gasteiger partial charge is 0.340 e. The number of sulfonamides is 1. The first-order valence-electron chi connectivity index (χ1n) is 9.77. The number of carbonyl (C=O) groups is 2. The minimum atomic E-state index is -3.60. The highest BCUT2D eigenvalue weighted by Crippen LogP contribution is 2.28. The zero-order valence-corrected chi connectivity index (χ0v) is 17.1. The number of halogens is 1. The Hall–Kier alpha value is -2.78. The fourth-order valence-electron chi connectivity index (χ4n) is 3.93. The summed E-state index contributed by atoms with van der Waals surface area (Å²) in [6.07, 6.45) is 0.0235. The lowest BCUT2D eigenvalue weighted by Crippen LogP contribution is -2.52. The molecule has 7 nitrogen and oxygen atoms in total. The predicted molar refractivity (Wildman–Crippen MR) is 109 cm³/mol. The highest BCUT2D eigenvalue weighted by molar-refractivity contribution is 7.89. The topological polar surface area (TPSA) is 78.0 Å². The number of hydrogen-bond donors (Lipinski definition) is 0. The molecule has 0 aromatic heterocycles. The zero-order chi connectivity index (χ0) is 21.3. The van der Waals surface area contributed by atoms with Crippen molar-refractivity contribution in [1.29, 1.82) is 0 Å². The molecular weight excluding hydrogens is 409 g/mol. The lowest BCUT2D eigenvalue weighted by molar-refractivity contribution is -0.136. The van der Waals surface area contributed by atoms with Gasteiger partial charge in [-0.1, -0.05) is 30.3 Å². The molecule has 2 aliphatic rings. The fourth-order valence-corrected chi connectivity index (χ4v) is 5.37. The summed E-state index contributed by atoms with van der Waals surface area (Å²) in [6, 6.07) is 14.2. The van der Waals surface area contributed by atoms with Crippen molar-refractivity contribution in [2.24, 2.45) is 5.92 Å². The number of anilines is 1. The molecule has 0 radical (unpaired) electrons. The molecular formula is C21H22FN3O4S. The van der Waals surface area contributed by atoms with Crippen molar-refractivity contribution >= 4 is 27.5 Å². The van der Waals surface area contributed by atoms with Crippen molar-refractivity contribution in [3.05, 3.63) is 60.4 Å². The van der Waals surface area contributed by atoms with Crippen molar-refractivity contribution in [2.45, 2.75) is 11.3 Å². The molecule has 0 unspecified atom stereocenters. The van der Waals surface area contributed by atoms with Crippen LogP contribution in [0.2, 0.25) is 0 Å². The van der Waals surface area contributed by atoms with E-state index < -0.39 is 21.8 Å². The van der Waals surface area contributed by atoms with Gasteiger partial charge in [0.1, 0.15) is 5.82 Å². The molecule has 2 aliphatic heterocycles. The average Bonchev–Trinajstić information content (AvgIpc) is 3.15. The molecule has 0 aliphatic carbocycles. The van der Waals surface area contributed by atoms with Gasteiger partial charge in [0.2, 0.25) is 21.8 Å². The van der Waals surface area contributed by atoms with E-state index in [9.17, 15) is 22.4 Å². The van der Waals surface area contributed by atoms with E-state index in [2.05, 4.69) is 0 Å². The summed E-state index contributed by atoms with van der Waals surface area (Å²) in [7, 11) is -3.60. The third-order valence-electron chi connectivity index (χ3n) is 5.55. The summed E-state index contributed by atoms with van der Waals surface area (Å²) >= 11 is 0.